The quantitative estimate of drug-likeness (QED) is 0.829. The summed E-state index contributed by atoms with van der Waals surface area (Å²) in [5.74, 6) is 0.547. The molecule has 1 aliphatic rings. The molecule has 1 aromatic rings. The molecule has 0 aliphatic carbocycles. The van der Waals surface area contributed by atoms with Gasteiger partial charge in [-0.15, -0.1) is 0 Å². The molecular formula is C15H20N4O3. The first-order chi connectivity index (χ1) is 10.7. The van der Waals surface area contributed by atoms with Gasteiger partial charge in [-0.2, -0.15) is 5.26 Å². The molecule has 0 unspecified atom stereocenters. The van der Waals surface area contributed by atoms with Gasteiger partial charge in [0.2, 0.25) is 5.91 Å². The minimum atomic E-state index is -0.0206. The zero-order chi connectivity index (χ0) is 15.9. The highest BCUT2D eigenvalue weighted by Crippen LogP contribution is 2.20. The van der Waals surface area contributed by atoms with Crippen LogP contribution in [0.2, 0.25) is 0 Å². The van der Waals surface area contributed by atoms with Crippen LogP contribution in [-0.4, -0.2) is 61.9 Å². The number of rotatable bonds is 6. The van der Waals surface area contributed by atoms with Crippen molar-refractivity contribution in [3.05, 3.63) is 23.9 Å². The number of aromatic nitrogens is 1. The normalized spacial score (nSPS) is 20.7. The number of hydrogen-bond donors (Lipinski definition) is 1. The van der Waals surface area contributed by atoms with Gasteiger partial charge in [-0.3, -0.25) is 4.79 Å². The first-order valence-electron chi connectivity index (χ1n) is 7.09. The number of amides is 1. The number of nitrogens with zero attached hydrogens (tertiary/aromatic N) is 3. The Morgan fingerprint density at radius 3 is 2.95 bits per heavy atom. The largest absolute Gasteiger partial charge is 0.383 e. The van der Waals surface area contributed by atoms with Gasteiger partial charge in [0.1, 0.15) is 11.9 Å². The van der Waals surface area contributed by atoms with Crippen molar-refractivity contribution in [2.24, 2.45) is 0 Å². The zero-order valence-corrected chi connectivity index (χ0v) is 12.8. The highest BCUT2D eigenvalue weighted by atomic mass is 16.5. The Balaban J connectivity index is 1.91. The predicted octanol–water partition coefficient (Wildman–Crippen LogP) is 0.627. The molecule has 1 N–H and O–H groups in total. The second-order valence-corrected chi connectivity index (χ2v) is 5.15. The third-order valence-electron chi connectivity index (χ3n) is 3.70. The van der Waals surface area contributed by atoms with E-state index in [0.717, 1.165) is 6.42 Å². The average Bonchev–Trinajstić information content (AvgIpc) is 2.96. The van der Waals surface area contributed by atoms with Crippen molar-refractivity contribution in [3.8, 4) is 6.07 Å². The molecule has 2 heterocycles. The monoisotopic (exact) mass is 304 g/mol. The molecule has 7 nitrogen and oxygen atoms in total. The van der Waals surface area contributed by atoms with Gasteiger partial charge < -0.3 is 19.7 Å². The van der Waals surface area contributed by atoms with Crippen LogP contribution in [0.15, 0.2) is 18.3 Å². The van der Waals surface area contributed by atoms with Gasteiger partial charge in [0.15, 0.2) is 0 Å². The third kappa shape index (κ3) is 3.93. The van der Waals surface area contributed by atoms with E-state index in [9.17, 15) is 4.79 Å². The van der Waals surface area contributed by atoms with E-state index in [2.05, 4.69) is 10.3 Å². The lowest BCUT2D eigenvalue weighted by Crippen LogP contribution is -2.41. The zero-order valence-electron chi connectivity index (χ0n) is 12.8. The predicted molar refractivity (Wildman–Crippen MR) is 80.2 cm³/mol. The number of likely N-dealkylation sites (tertiary alicyclic amines) is 1. The van der Waals surface area contributed by atoms with Crippen LogP contribution >= 0.6 is 0 Å². The van der Waals surface area contributed by atoms with Crippen LogP contribution in [0.4, 0.5) is 5.82 Å². The summed E-state index contributed by atoms with van der Waals surface area (Å²) in [4.78, 5) is 18.2. The topological polar surface area (TPSA) is 87.5 Å². The van der Waals surface area contributed by atoms with E-state index in [1.54, 1.807) is 31.3 Å². The highest BCUT2D eigenvalue weighted by molar-refractivity contribution is 5.81. The molecule has 118 valence electrons. The fourth-order valence-electron chi connectivity index (χ4n) is 2.53. The van der Waals surface area contributed by atoms with Crippen molar-refractivity contribution in [1.29, 1.82) is 5.26 Å². The van der Waals surface area contributed by atoms with Gasteiger partial charge in [-0.1, -0.05) is 0 Å². The molecule has 7 heteroatoms. The van der Waals surface area contributed by atoms with Crippen LogP contribution in [0.5, 0.6) is 0 Å². The Kier molecular flexibility index (Phi) is 5.69. The van der Waals surface area contributed by atoms with Crippen molar-refractivity contribution >= 4 is 11.7 Å². The lowest BCUT2D eigenvalue weighted by atomic mass is 10.2. The lowest BCUT2D eigenvalue weighted by molar-refractivity contribution is -0.131. The van der Waals surface area contributed by atoms with Crippen molar-refractivity contribution in [3.63, 3.8) is 0 Å². The number of carbonyl (C=O) groups excluding carboxylic acids is 1. The Hall–Kier alpha value is -2.17. The first-order valence-corrected chi connectivity index (χ1v) is 7.09. The maximum absolute atomic E-state index is 12.4. The summed E-state index contributed by atoms with van der Waals surface area (Å²) in [6, 6.07) is 5.38. The smallest absolute Gasteiger partial charge is 0.242 e. The average molecular weight is 304 g/mol. The molecule has 0 aromatic carbocycles. The fraction of sp³-hybridized carbons (Fsp3) is 0.533. The number of nitrogens with one attached hydrogen (secondary N) is 1. The molecule has 2 rings (SSSR count). The summed E-state index contributed by atoms with van der Waals surface area (Å²) in [7, 11) is 3.28. The summed E-state index contributed by atoms with van der Waals surface area (Å²) < 4.78 is 10.5. The number of ether oxygens (including phenoxy) is 2. The fourth-order valence-corrected chi connectivity index (χ4v) is 2.53. The Bertz CT molecular complexity index is 541. The summed E-state index contributed by atoms with van der Waals surface area (Å²) >= 11 is 0. The van der Waals surface area contributed by atoms with Gasteiger partial charge in [-0.05, 0) is 18.6 Å². The number of carbonyl (C=O) groups is 1. The molecule has 1 aliphatic heterocycles. The molecule has 2 atom stereocenters. The Morgan fingerprint density at radius 1 is 1.55 bits per heavy atom. The molecule has 1 fully saturated rings. The molecular weight excluding hydrogens is 284 g/mol. The van der Waals surface area contributed by atoms with Gasteiger partial charge in [-0.25, -0.2) is 4.98 Å². The summed E-state index contributed by atoms with van der Waals surface area (Å²) in [5.41, 5.74) is 0.486. The van der Waals surface area contributed by atoms with E-state index in [1.165, 1.54) is 6.20 Å². The molecule has 1 amide bonds. The molecule has 0 spiro atoms. The molecule has 0 bridgehead atoms. The maximum Gasteiger partial charge on any atom is 0.242 e. The van der Waals surface area contributed by atoms with E-state index >= 15 is 0 Å². The van der Waals surface area contributed by atoms with E-state index < -0.39 is 0 Å². The first kappa shape index (κ1) is 16.2. The second-order valence-electron chi connectivity index (χ2n) is 5.15. The summed E-state index contributed by atoms with van der Waals surface area (Å²) in [6.45, 7) is 1.22. The van der Waals surface area contributed by atoms with Crippen LogP contribution in [0.25, 0.3) is 0 Å². The highest BCUT2D eigenvalue weighted by Gasteiger charge is 2.34. The second kappa shape index (κ2) is 7.73. The van der Waals surface area contributed by atoms with Gasteiger partial charge in [0, 0.05) is 27.0 Å². The van der Waals surface area contributed by atoms with Crippen LogP contribution in [-0.2, 0) is 14.3 Å². The summed E-state index contributed by atoms with van der Waals surface area (Å²) in [5, 5.41) is 11.7. The van der Waals surface area contributed by atoms with E-state index in [4.69, 9.17) is 14.7 Å². The van der Waals surface area contributed by atoms with Crippen LogP contribution in [0.3, 0.4) is 0 Å². The third-order valence-corrected chi connectivity index (χ3v) is 3.70. The van der Waals surface area contributed by atoms with Crippen LogP contribution in [0, 0.1) is 11.3 Å². The Morgan fingerprint density at radius 2 is 2.36 bits per heavy atom. The summed E-state index contributed by atoms with van der Waals surface area (Å²) in [6.07, 6.45) is 2.31. The van der Waals surface area contributed by atoms with E-state index in [-0.39, 0.29) is 24.6 Å². The van der Waals surface area contributed by atoms with Crippen molar-refractivity contribution in [2.45, 2.75) is 18.6 Å². The minimum absolute atomic E-state index is 0.0206. The van der Waals surface area contributed by atoms with Gasteiger partial charge >= 0.3 is 0 Å². The SMILES string of the molecule is COC[C@@H]1C[C@@H](OC)CN1C(=O)CNc1ccc(C#N)cn1. The number of hydrogen-bond acceptors (Lipinski definition) is 6. The van der Waals surface area contributed by atoms with Crippen molar-refractivity contribution < 1.29 is 14.3 Å². The number of anilines is 1. The molecule has 1 aromatic heterocycles. The van der Waals surface area contributed by atoms with Crippen molar-refractivity contribution in [1.82, 2.24) is 9.88 Å². The minimum Gasteiger partial charge on any atom is -0.383 e. The molecule has 1 saturated heterocycles. The van der Waals surface area contributed by atoms with E-state index in [1.807, 2.05) is 6.07 Å². The number of nitriles is 1. The van der Waals surface area contributed by atoms with E-state index in [0.29, 0.717) is 24.5 Å². The molecule has 0 saturated carbocycles. The molecule has 22 heavy (non-hydrogen) atoms. The van der Waals surface area contributed by atoms with Gasteiger partial charge in [0.25, 0.3) is 0 Å². The Labute approximate surface area is 129 Å². The van der Waals surface area contributed by atoms with Crippen molar-refractivity contribution in [2.75, 3.05) is 39.2 Å². The van der Waals surface area contributed by atoms with Gasteiger partial charge in [0.05, 0.1) is 30.9 Å². The van der Waals surface area contributed by atoms with Crippen LogP contribution < -0.4 is 5.32 Å². The van der Waals surface area contributed by atoms with Crippen LogP contribution in [0.1, 0.15) is 12.0 Å². The number of methoxy groups -OCH3 is 2. The number of pyridine rings is 1. The molecule has 0 radical (unpaired) electrons. The standard InChI is InChI=1S/C15H20N4O3/c1-21-10-12-5-13(22-2)9-19(12)15(20)8-18-14-4-3-11(6-16)7-17-14/h3-4,7,12-13H,5,8-10H2,1-2H3,(H,17,18)/t12-,13+/m0/s1. The lowest BCUT2D eigenvalue weighted by Gasteiger charge is -2.24. The maximum atomic E-state index is 12.4.